The van der Waals surface area contributed by atoms with Crippen molar-refractivity contribution >= 4 is 29.0 Å². The van der Waals surface area contributed by atoms with E-state index >= 15 is 0 Å². The molecule has 1 saturated carbocycles. The second-order valence-electron chi connectivity index (χ2n) is 11.7. The second-order valence-corrected chi connectivity index (χ2v) is 12.5. The van der Waals surface area contributed by atoms with Gasteiger partial charge in [-0.1, -0.05) is 36.5 Å². The number of anilines is 1. The van der Waals surface area contributed by atoms with Crippen molar-refractivity contribution in [1.82, 2.24) is 19.7 Å². The molecule has 1 aliphatic carbocycles. The van der Waals surface area contributed by atoms with Gasteiger partial charge in [-0.25, -0.2) is 9.97 Å². The highest BCUT2D eigenvalue weighted by molar-refractivity contribution is 6.33. The minimum Gasteiger partial charge on any atom is -0.491 e. The Hall–Kier alpha value is -2.39. The zero-order valence-electron chi connectivity index (χ0n) is 24.2. The molecule has 0 amide bonds. The SMILES string of the molecule is CCC[C@@H](O)COc1ccc(Cl)c(-c2nc(-c3c(C)c(Cl)nn3C)c(C)c(N3CC4(CC(OC(C)C)C4)C3)n2)c1. The minimum atomic E-state index is -0.522. The first-order valence-electron chi connectivity index (χ1n) is 14.1. The average molecular weight is 589 g/mol. The van der Waals surface area contributed by atoms with Crippen LogP contribution in [0.5, 0.6) is 5.75 Å². The molecule has 0 unspecified atom stereocenters. The van der Waals surface area contributed by atoms with Gasteiger partial charge in [-0.3, -0.25) is 4.68 Å². The Bertz CT molecular complexity index is 1380. The van der Waals surface area contributed by atoms with Crippen LogP contribution in [0.4, 0.5) is 5.82 Å². The molecule has 1 saturated heterocycles. The highest BCUT2D eigenvalue weighted by Gasteiger charge is 2.53. The fourth-order valence-corrected chi connectivity index (χ4v) is 6.43. The van der Waals surface area contributed by atoms with E-state index in [1.807, 2.05) is 27.0 Å². The zero-order chi connectivity index (χ0) is 28.8. The standard InChI is InChI=1S/C30H39Cl2N5O3/c1-7-8-20(38)14-39-21-9-10-24(31)23(11-21)28-33-25(26-19(5)27(32)35-36(26)6)18(4)29(34-28)37-15-30(16-37)12-22(13-30)40-17(2)3/h9-11,17,20,22,38H,7-8,12-16H2,1-6H3/t20-/m1/s1. The van der Waals surface area contributed by atoms with Crippen molar-refractivity contribution in [2.24, 2.45) is 12.5 Å². The van der Waals surface area contributed by atoms with Gasteiger partial charge in [0.2, 0.25) is 0 Å². The Labute approximate surface area is 246 Å². The third kappa shape index (κ3) is 5.69. The first-order valence-corrected chi connectivity index (χ1v) is 14.8. The third-order valence-electron chi connectivity index (χ3n) is 7.95. The van der Waals surface area contributed by atoms with E-state index < -0.39 is 6.10 Å². The van der Waals surface area contributed by atoms with Gasteiger partial charge in [0.1, 0.15) is 18.2 Å². The number of aliphatic hydroxyl groups excluding tert-OH is 1. The number of nitrogens with zero attached hydrogens (tertiary/aromatic N) is 5. The molecule has 0 radical (unpaired) electrons. The molecule has 1 N–H and O–H groups in total. The lowest BCUT2D eigenvalue weighted by Gasteiger charge is -2.59. The van der Waals surface area contributed by atoms with Crippen LogP contribution in [0.15, 0.2) is 18.2 Å². The Morgan fingerprint density at radius 2 is 1.85 bits per heavy atom. The highest BCUT2D eigenvalue weighted by Crippen LogP contribution is 2.52. The van der Waals surface area contributed by atoms with E-state index in [0.717, 1.165) is 60.7 Å². The Balaban J connectivity index is 1.50. The van der Waals surface area contributed by atoms with Gasteiger partial charge in [-0.05, 0) is 65.2 Å². The summed E-state index contributed by atoms with van der Waals surface area (Å²) in [7, 11) is 1.88. The van der Waals surface area contributed by atoms with Crippen molar-refractivity contribution < 1.29 is 14.6 Å². The van der Waals surface area contributed by atoms with E-state index in [1.54, 1.807) is 16.8 Å². The molecule has 3 aromatic rings. The van der Waals surface area contributed by atoms with Crippen molar-refractivity contribution in [2.45, 2.75) is 78.6 Å². The lowest BCUT2D eigenvalue weighted by molar-refractivity contribution is -0.114. The molecule has 1 aromatic carbocycles. The van der Waals surface area contributed by atoms with Crippen molar-refractivity contribution in [1.29, 1.82) is 0 Å². The molecule has 0 bridgehead atoms. The third-order valence-corrected chi connectivity index (χ3v) is 8.64. The molecule has 8 nitrogen and oxygen atoms in total. The van der Waals surface area contributed by atoms with Crippen LogP contribution in [0.2, 0.25) is 10.2 Å². The fourth-order valence-electron chi connectivity index (χ4n) is 6.02. The van der Waals surface area contributed by atoms with Crippen LogP contribution < -0.4 is 9.64 Å². The second kappa shape index (κ2) is 11.5. The highest BCUT2D eigenvalue weighted by atomic mass is 35.5. The van der Waals surface area contributed by atoms with Crippen molar-refractivity contribution in [3.8, 4) is 28.5 Å². The molecule has 216 valence electrons. The van der Waals surface area contributed by atoms with Gasteiger partial charge in [0.05, 0.1) is 34.7 Å². The Morgan fingerprint density at radius 1 is 1.12 bits per heavy atom. The number of aromatic nitrogens is 4. The van der Waals surface area contributed by atoms with Crippen LogP contribution >= 0.6 is 23.2 Å². The van der Waals surface area contributed by atoms with Gasteiger partial charge >= 0.3 is 0 Å². The number of hydrogen-bond donors (Lipinski definition) is 1. The van der Waals surface area contributed by atoms with Crippen LogP contribution in [-0.4, -0.2) is 62.9 Å². The van der Waals surface area contributed by atoms with E-state index in [0.29, 0.717) is 39.8 Å². The lowest BCUT2D eigenvalue weighted by atomic mass is 9.61. The molecule has 3 heterocycles. The molecular weight excluding hydrogens is 549 g/mol. The summed E-state index contributed by atoms with van der Waals surface area (Å²) >= 11 is 13.1. The van der Waals surface area contributed by atoms with E-state index in [1.165, 1.54) is 0 Å². The van der Waals surface area contributed by atoms with E-state index in [4.69, 9.17) is 42.6 Å². The van der Waals surface area contributed by atoms with E-state index in [9.17, 15) is 5.11 Å². The lowest BCUT2D eigenvalue weighted by Crippen LogP contribution is -2.64. The fraction of sp³-hybridized carbons (Fsp3) is 0.567. The zero-order valence-corrected chi connectivity index (χ0v) is 25.7. The van der Waals surface area contributed by atoms with Crippen LogP contribution in [-0.2, 0) is 11.8 Å². The van der Waals surface area contributed by atoms with Crippen LogP contribution in [0.3, 0.4) is 0 Å². The summed E-state index contributed by atoms with van der Waals surface area (Å²) in [5.41, 5.74) is 4.42. The maximum absolute atomic E-state index is 10.1. The quantitative estimate of drug-likeness (QED) is 0.293. The van der Waals surface area contributed by atoms with Gasteiger partial charge < -0.3 is 19.5 Å². The average Bonchev–Trinajstić information content (AvgIpc) is 3.10. The maximum atomic E-state index is 10.1. The predicted octanol–water partition coefficient (Wildman–Crippen LogP) is 6.40. The number of aliphatic hydroxyl groups is 1. The first-order chi connectivity index (χ1) is 19.0. The van der Waals surface area contributed by atoms with Gasteiger partial charge in [0.15, 0.2) is 11.0 Å². The van der Waals surface area contributed by atoms with Gasteiger partial charge in [0.25, 0.3) is 0 Å². The largest absolute Gasteiger partial charge is 0.491 e. The molecule has 2 aliphatic rings. The molecule has 2 fully saturated rings. The molecule has 40 heavy (non-hydrogen) atoms. The molecule has 1 spiro atoms. The summed E-state index contributed by atoms with van der Waals surface area (Å²) in [6.07, 6.45) is 3.81. The summed E-state index contributed by atoms with van der Waals surface area (Å²) in [5.74, 6) is 2.00. The Kier molecular flexibility index (Phi) is 8.35. The van der Waals surface area contributed by atoms with Gasteiger partial charge in [0, 0.05) is 42.2 Å². The van der Waals surface area contributed by atoms with Crippen molar-refractivity contribution in [3.05, 3.63) is 39.5 Å². The number of halogens is 2. The van der Waals surface area contributed by atoms with Crippen LogP contribution in [0, 0.1) is 19.3 Å². The predicted molar refractivity (Wildman–Crippen MR) is 159 cm³/mol. The Morgan fingerprint density at radius 3 is 2.48 bits per heavy atom. The van der Waals surface area contributed by atoms with Gasteiger partial charge in [-0.15, -0.1) is 0 Å². The molecular formula is C30H39Cl2N5O3. The number of benzene rings is 1. The summed E-state index contributed by atoms with van der Waals surface area (Å²) in [6, 6.07) is 5.44. The molecule has 1 atom stereocenters. The van der Waals surface area contributed by atoms with E-state index in [-0.39, 0.29) is 18.1 Å². The number of hydrogen-bond acceptors (Lipinski definition) is 7. The monoisotopic (exact) mass is 587 g/mol. The topological polar surface area (TPSA) is 85.5 Å². The van der Waals surface area contributed by atoms with Crippen molar-refractivity contribution in [3.63, 3.8) is 0 Å². The molecule has 5 rings (SSSR count). The summed E-state index contributed by atoms with van der Waals surface area (Å²) < 4.78 is 13.7. The number of aryl methyl sites for hydroxylation is 1. The van der Waals surface area contributed by atoms with Crippen molar-refractivity contribution in [2.75, 3.05) is 24.6 Å². The summed E-state index contributed by atoms with van der Waals surface area (Å²) in [5, 5.41) is 15.5. The molecule has 1 aliphatic heterocycles. The molecule has 10 heteroatoms. The minimum absolute atomic E-state index is 0.213. The first kappa shape index (κ1) is 29.1. The number of rotatable bonds is 10. The summed E-state index contributed by atoms with van der Waals surface area (Å²) in [4.78, 5) is 12.4. The van der Waals surface area contributed by atoms with Crippen LogP contribution in [0.1, 0.15) is 57.6 Å². The molecule has 2 aromatic heterocycles. The van der Waals surface area contributed by atoms with E-state index in [2.05, 4.69) is 30.8 Å². The van der Waals surface area contributed by atoms with Crippen LogP contribution in [0.25, 0.3) is 22.8 Å². The smallest absolute Gasteiger partial charge is 0.163 e. The number of ether oxygens (including phenoxy) is 2. The summed E-state index contributed by atoms with van der Waals surface area (Å²) in [6.45, 7) is 12.3. The normalized spacial score (nSPS) is 17.3. The van der Waals surface area contributed by atoms with Gasteiger partial charge in [-0.2, -0.15) is 5.10 Å². The maximum Gasteiger partial charge on any atom is 0.163 e.